The van der Waals surface area contributed by atoms with E-state index in [-0.39, 0.29) is 5.78 Å². The first kappa shape index (κ1) is 11.4. The maximum Gasteiger partial charge on any atom is 0.214 e. The van der Waals surface area contributed by atoms with Gasteiger partial charge in [0.15, 0.2) is 0 Å². The second kappa shape index (κ2) is 4.53. The fraction of sp³-hybridized carbons (Fsp3) is 0.0714. The highest BCUT2D eigenvalue weighted by Crippen LogP contribution is 2.13. The number of aromatic nitrogens is 4. The quantitative estimate of drug-likeness (QED) is 0.668. The number of benzene rings is 1. The zero-order chi connectivity index (χ0) is 13.2. The molecule has 5 nitrogen and oxygen atoms in total. The van der Waals surface area contributed by atoms with Crippen LogP contribution in [0, 0.1) is 0 Å². The molecule has 3 aromatic rings. The van der Waals surface area contributed by atoms with Gasteiger partial charge in [0.05, 0.1) is 23.6 Å². The topological polar surface area (TPSA) is 52.7 Å². The number of ketones is 1. The van der Waals surface area contributed by atoms with Gasteiger partial charge in [0.25, 0.3) is 0 Å². The van der Waals surface area contributed by atoms with Crippen LogP contribution in [-0.2, 0) is 7.05 Å². The standard InChI is InChI=1S/C14H12N4O/c1-17-10-11(9-16-17)14(19)13-7-8-15-18(13)12-5-3-2-4-6-12/h2-10H,1H3. The number of para-hydroxylation sites is 1. The predicted octanol–water partition coefficient (Wildman–Crippen LogP) is 1.84. The van der Waals surface area contributed by atoms with Gasteiger partial charge in [0.1, 0.15) is 5.69 Å². The molecule has 0 bridgehead atoms. The summed E-state index contributed by atoms with van der Waals surface area (Å²) in [6.45, 7) is 0. The molecule has 0 saturated heterocycles. The Balaban J connectivity index is 2.03. The van der Waals surface area contributed by atoms with Crippen LogP contribution >= 0.6 is 0 Å². The van der Waals surface area contributed by atoms with E-state index in [0.717, 1.165) is 5.69 Å². The number of hydrogen-bond acceptors (Lipinski definition) is 3. The number of aryl methyl sites for hydroxylation is 1. The molecule has 0 fully saturated rings. The highest BCUT2D eigenvalue weighted by molar-refractivity contribution is 6.07. The van der Waals surface area contributed by atoms with E-state index in [2.05, 4.69) is 10.2 Å². The third-order valence-electron chi connectivity index (χ3n) is 2.84. The van der Waals surface area contributed by atoms with Gasteiger partial charge in [-0.3, -0.25) is 9.48 Å². The molecule has 3 rings (SSSR count). The van der Waals surface area contributed by atoms with Crippen molar-refractivity contribution in [3.8, 4) is 5.69 Å². The minimum atomic E-state index is -0.0885. The molecule has 0 amide bonds. The summed E-state index contributed by atoms with van der Waals surface area (Å²) in [5, 5.41) is 8.22. The molecule has 0 N–H and O–H groups in total. The largest absolute Gasteiger partial charge is 0.287 e. The molecule has 0 radical (unpaired) electrons. The van der Waals surface area contributed by atoms with Gasteiger partial charge < -0.3 is 0 Å². The summed E-state index contributed by atoms with van der Waals surface area (Å²) in [6, 6.07) is 11.3. The molecular weight excluding hydrogens is 240 g/mol. The molecule has 0 aliphatic heterocycles. The van der Waals surface area contributed by atoms with Gasteiger partial charge in [0.2, 0.25) is 5.78 Å². The van der Waals surface area contributed by atoms with Gasteiger partial charge in [-0.25, -0.2) is 4.68 Å². The number of hydrogen-bond donors (Lipinski definition) is 0. The van der Waals surface area contributed by atoms with Crippen molar-refractivity contribution in [2.24, 2.45) is 7.05 Å². The van der Waals surface area contributed by atoms with Crippen LogP contribution in [0.1, 0.15) is 16.1 Å². The first-order chi connectivity index (χ1) is 9.25. The fourth-order valence-corrected chi connectivity index (χ4v) is 1.94. The van der Waals surface area contributed by atoms with Crippen molar-refractivity contribution in [2.45, 2.75) is 0 Å². The van der Waals surface area contributed by atoms with Crippen LogP contribution in [0.3, 0.4) is 0 Å². The lowest BCUT2D eigenvalue weighted by molar-refractivity contribution is 0.103. The van der Waals surface area contributed by atoms with Gasteiger partial charge >= 0.3 is 0 Å². The van der Waals surface area contributed by atoms with E-state index in [1.807, 2.05) is 30.3 Å². The molecular formula is C14H12N4O. The zero-order valence-corrected chi connectivity index (χ0v) is 10.4. The molecule has 2 aromatic heterocycles. The van der Waals surface area contributed by atoms with Crippen LogP contribution in [0.2, 0.25) is 0 Å². The fourth-order valence-electron chi connectivity index (χ4n) is 1.94. The van der Waals surface area contributed by atoms with Gasteiger partial charge in [-0.2, -0.15) is 10.2 Å². The van der Waals surface area contributed by atoms with Crippen LogP contribution in [0.25, 0.3) is 5.69 Å². The molecule has 5 heteroatoms. The van der Waals surface area contributed by atoms with E-state index in [9.17, 15) is 4.79 Å². The lowest BCUT2D eigenvalue weighted by Gasteiger charge is -2.05. The van der Waals surface area contributed by atoms with Crippen LogP contribution < -0.4 is 0 Å². The van der Waals surface area contributed by atoms with Crippen molar-refractivity contribution in [3.05, 3.63) is 66.2 Å². The summed E-state index contributed by atoms with van der Waals surface area (Å²) in [5.41, 5.74) is 1.94. The van der Waals surface area contributed by atoms with Crippen LogP contribution in [-0.4, -0.2) is 25.3 Å². The van der Waals surface area contributed by atoms with Crippen molar-refractivity contribution < 1.29 is 4.79 Å². The highest BCUT2D eigenvalue weighted by atomic mass is 16.1. The number of nitrogens with zero attached hydrogens (tertiary/aromatic N) is 4. The summed E-state index contributed by atoms with van der Waals surface area (Å²) in [7, 11) is 1.78. The predicted molar refractivity (Wildman–Crippen MR) is 70.2 cm³/mol. The average molecular weight is 252 g/mol. The molecule has 0 unspecified atom stereocenters. The Hall–Kier alpha value is -2.69. The van der Waals surface area contributed by atoms with Gasteiger partial charge in [-0.15, -0.1) is 0 Å². The summed E-state index contributed by atoms with van der Waals surface area (Å²) in [6.07, 6.45) is 4.88. The Morgan fingerprint density at radius 1 is 1.11 bits per heavy atom. The van der Waals surface area contributed by atoms with Gasteiger partial charge in [-0.1, -0.05) is 18.2 Å². The summed E-state index contributed by atoms with van der Waals surface area (Å²) >= 11 is 0. The Kier molecular flexibility index (Phi) is 2.72. The van der Waals surface area contributed by atoms with Crippen LogP contribution in [0.5, 0.6) is 0 Å². The monoisotopic (exact) mass is 252 g/mol. The molecule has 0 atom stereocenters. The van der Waals surface area contributed by atoms with Crippen molar-refractivity contribution in [3.63, 3.8) is 0 Å². The molecule has 1 aromatic carbocycles. The minimum Gasteiger partial charge on any atom is -0.287 e. The van der Waals surface area contributed by atoms with E-state index in [4.69, 9.17) is 0 Å². The summed E-state index contributed by atoms with van der Waals surface area (Å²) in [5.74, 6) is -0.0885. The molecule has 0 aliphatic rings. The summed E-state index contributed by atoms with van der Waals surface area (Å²) in [4.78, 5) is 12.4. The van der Waals surface area contributed by atoms with Crippen LogP contribution in [0.15, 0.2) is 55.0 Å². The van der Waals surface area contributed by atoms with Gasteiger partial charge in [0, 0.05) is 13.2 Å². The number of carbonyl (C=O) groups excluding carboxylic acids is 1. The molecule has 94 valence electrons. The lowest BCUT2D eigenvalue weighted by atomic mass is 10.1. The number of carbonyl (C=O) groups is 1. The van der Waals surface area contributed by atoms with E-state index >= 15 is 0 Å². The Bertz CT molecular complexity index is 712. The first-order valence-electron chi connectivity index (χ1n) is 5.88. The third-order valence-corrected chi connectivity index (χ3v) is 2.84. The molecule has 2 heterocycles. The lowest BCUT2D eigenvalue weighted by Crippen LogP contribution is -2.09. The maximum absolute atomic E-state index is 12.4. The van der Waals surface area contributed by atoms with E-state index in [0.29, 0.717) is 11.3 Å². The number of rotatable bonds is 3. The SMILES string of the molecule is Cn1cc(C(=O)c2ccnn2-c2ccccc2)cn1. The second-order valence-corrected chi connectivity index (χ2v) is 4.20. The molecule has 19 heavy (non-hydrogen) atoms. The second-order valence-electron chi connectivity index (χ2n) is 4.20. The first-order valence-corrected chi connectivity index (χ1v) is 5.88. The van der Waals surface area contributed by atoms with Crippen molar-refractivity contribution in [2.75, 3.05) is 0 Å². The highest BCUT2D eigenvalue weighted by Gasteiger charge is 2.16. The Labute approximate surface area is 110 Å². The van der Waals surface area contributed by atoms with Crippen molar-refractivity contribution in [1.29, 1.82) is 0 Å². The van der Waals surface area contributed by atoms with E-state index < -0.39 is 0 Å². The maximum atomic E-state index is 12.4. The third kappa shape index (κ3) is 2.06. The smallest absolute Gasteiger partial charge is 0.214 e. The van der Waals surface area contributed by atoms with E-state index in [1.54, 1.807) is 41.1 Å². The van der Waals surface area contributed by atoms with E-state index in [1.165, 1.54) is 0 Å². The normalized spacial score (nSPS) is 10.6. The molecule has 0 saturated carbocycles. The van der Waals surface area contributed by atoms with Gasteiger partial charge in [-0.05, 0) is 18.2 Å². The molecule has 0 aliphatic carbocycles. The van der Waals surface area contributed by atoms with Crippen LogP contribution in [0.4, 0.5) is 0 Å². The van der Waals surface area contributed by atoms with Crippen molar-refractivity contribution >= 4 is 5.78 Å². The average Bonchev–Trinajstić information content (AvgIpc) is 3.07. The summed E-state index contributed by atoms with van der Waals surface area (Å²) < 4.78 is 3.24. The minimum absolute atomic E-state index is 0.0885. The zero-order valence-electron chi connectivity index (χ0n) is 10.4. The Morgan fingerprint density at radius 3 is 2.58 bits per heavy atom. The van der Waals surface area contributed by atoms with Crippen molar-refractivity contribution in [1.82, 2.24) is 19.6 Å². The molecule has 0 spiro atoms. The Morgan fingerprint density at radius 2 is 1.89 bits per heavy atom.